The Hall–Kier alpha value is -5.64. The summed E-state index contributed by atoms with van der Waals surface area (Å²) >= 11 is 0. The molecular formula is C54H48N2Si. The first-order valence-electron chi connectivity index (χ1n) is 21.1. The highest BCUT2D eigenvalue weighted by atomic mass is 28.3. The Kier molecular flexibility index (Phi) is 7.02. The van der Waals surface area contributed by atoms with Crippen LogP contribution in [-0.2, 0) is 5.54 Å². The third-order valence-electron chi connectivity index (χ3n) is 14.7. The smallest absolute Gasteiger partial charge is 0.179 e. The van der Waals surface area contributed by atoms with E-state index in [-0.39, 0.29) is 5.54 Å². The van der Waals surface area contributed by atoms with Crippen LogP contribution >= 0.6 is 0 Å². The van der Waals surface area contributed by atoms with Crippen LogP contribution in [0, 0.1) is 16.7 Å². The average molecular weight is 753 g/mol. The molecule has 13 rings (SSSR count). The van der Waals surface area contributed by atoms with Crippen molar-refractivity contribution in [2.45, 2.75) is 57.9 Å². The Morgan fingerprint density at radius 2 is 0.895 bits per heavy atom. The number of aromatic nitrogens is 2. The second kappa shape index (κ2) is 11.9. The molecule has 0 N–H and O–H groups in total. The summed E-state index contributed by atoms with van der Waals surface area (Å²) in [6, 6.07) is 67.0. The lowest BCUT2D eigenvalue weighted by Gasteiger charge is -2.66. The maximum Gasteiger partial charge on any atom is 0.179 e. The van der Waals surface area contributed by atoms with Gasteiger partial charge in [-0.05, 0) is 112 Å². The van der Waals surface area contributed by atoms with Crippen LogP contribution in [0.25, 0.3) is 49.3 Å². The quantitative estimate of drug-likeness (QED) is 0.118. The Bertz CT molecular complexity index is 2900. The summed E-state index contributed by atoms with van der Waals surface area (Å²) in [5.41, 5.74) is 7.61. The second-order valence-electron chi connectivity index (χ2n) is 18.8. The van der Waals surface area contributed by atoms with Crippen molar-refractivity contribution in [1.82, 2.24) is 9.13 Å². The normalized spacial score (nSPS) is 24.3. The van der Waals surface area contributed by atoms with Gasteiger partial charge in [-0.15, -0.1) is 0 Å². The zero-order valence-corrected chi connectivity index (χ0v) is 34.0. The molecule has 2 unspecified atom stereocenters. The standard InChI is InChI=1S/C54H48N2Si/c1-52-32-38-33-53(2,35-52)37-54(34-38,36-52)56-50-25-15-13-23-45(50)46-30-39(26-28-51(46)56)55-48-24-14-12-22-44(48)47-31-43(27-29-49(47)55)57(40-16-6-3-7-17-40,41-18-8-4-9-19-41)42-20-10-5-11-21-42/h3-31,38H,32-37H2,1-2H3. The Morgan fingerprint density at radius 1 is 0.421 bits per heavy atom. The molecule has 4 fully saturated rings. The first kappa shape index (κ1) is 33.5. The molecule has 2 nitrogen and oxygen atoms in total. The highest BCUT2D eigenvalue weighted by molar-refractivity contribution is 7.20. The summed E-state index contributed by atoms with van der Waals surface area (Å²) in [6.07, 6.45) is 8.13. The molecule has 57 heavy (non-hydrogen) atoms. The molecule has 2 atom stereocenters. The van der Waals surface area contributed by atoms with Crippen molar-refractivity contribution >= 4 is 72.4 Å². The van der Waals surface area contributed by atoms with Gasteiger partial charge in [-0.1, -0.05) is 153 Å². The molecule has 9 aromatic rings. The van der Waals surface area contributed by atoms with Crippen LogP contribution in [0.4, 0.5) is 0 Å². The van der Waals surface area contributed by atoms with Gasteiger partial charge in [0.1, 0.15) is 0 Å². The summed E-state index contributed by atoms with van der Waals surface area (Å²) in [4.78, 5) is 0. The van der Waals surface area contributed by atoms with Gasteiger partial charge in [0, 0.05) is 43.8 Å². The minimum Gasteiger partial charge on any atom is -0.334 e. The Balaban J connectivity index is 1.09. The molecule has 0 saturated heterocycles. The molecular weight excluding hydrogens is 705 g/mol. The van der Waals surface area contributed by atoms with Crippen LogP contribution in [0.1, 0.15) is 52.4 Å². The van der Waals surface area contributed by atoms with E-state index in [0.29, 0.717) is 10.8 Å². The summed E-state index contributed by atoms with van der Waals surface area (Å²) in [6.45, 7) is 5.21. The highest BCUT2D eigenvalue weighted by Crippen LogP contribution is 2.69. The zero-order valence-electron chi connectivity index (χ0n) is 33.0. The van der Waals surface area contributed by atoms with Crippen molar-refractivity contribution in [1.29, 1.82) is 0 Å². The molecule has 0 amide bonds. The Labute approximate surface area is 336 Å². The highest BCUT2D eigenvalue weighted by Gasteiger charge is 2.61. The van der Waals surface area contributed by atoms with Gasteiger partial charge < -0.3 is 9.13 Å². The zero-order chi connectivity index (χ0) is 38.0. The number of rotatable bonds is 6. The molecule has 4 aliphatic carbocycles. The summed E-state index contributed by atoms with van der Waals surface area (Å²) in [7, 11) is -2.69. The number of fused-ring (bicyclic) bond motifs is 6. The van der Waals surface area contributed by atoms with Gasteiger partial charge in [-0.3, -0.25) is 0 Å². The summed E-state index contributed by atoms with van der Waals surface area (Å²) in [5, 5.41) is 11.0. The fraction of sp³-hybridized carbons (Fsp3) is 0.222. The largest absolute Gasteiger partial charge is 0.334 e. The second-order valence-corrected chi connectivity index (χ2v) is 22.7. The van der Waals surface area contributed by atoms with Gasteiger partial charge in [0.05, 0.1) is 11.0 Å². The topological polar surface area (TPSA) is 9.86 Å². The third-order valence-corrected chi connectivity index (χ3v) is 19.5. The predicted octanol–water partition coefficient (Wildman–Crippen LogP) is 11.0. The molecule has 3 heteroatoms. The van der Waals surface area contributed by atoms with Gasteiger partial charge in [0.25, 0.3) is 0 Å². The lowest BCUT2D eigenvalue weighted by Crippen LogP contribution is -2.74. The predicted molar refractivity (Wildman–Crippen MR) is 243 cm³/mol. The van der Waals surface area contributed by atoms with Crippen molar-refractivity contribution in [3.63, 3.8) is 0 Å². The number of benzene rings is 7. The molecule has 0 spiro atoms. The maximum absolute atomic E-state index is 2.85. The van der Waals surface area contributed by atoms with Crippen LogP contribution in [0.3, 0.4) is 0 Å². The van der Waals surface area contributed by atoms with Crippen molar-refractivity contribution < 1.29 is 0 Å². The van der Waals surface area contributed by atoms with E-state index in [2.05, 4.69) is 199 Å². The van der Waals surface area contributed by atoms with E-state index in [4.69, 9.17) is 0 Å². The molecule has 0 radical (unpaired) electrons. The minimum atomic E-state index is -2.69. The molecule has 4 aliphatic rings. The first-order valence-corrected chi connectivity index (χ1v) is 23.1. The van der Waals surface area contributed by atoms with E-state index in [9.17, 15) is 0 Å². The SMILES string of the molecule is CC12CC3CC(C)(C1)CC(n1c4ccccc4c4cc(-n5c6ccccc6c6cc([Si](c7ccccc7)(c7ccccc7)c7ccccc7)ccc65)ccc41)(C3)C2. The van der Waals surface area contributed by atoms with E-state index in [1.165, 1.54) is 109 Å². The average Bonchev–Trinajstić information content (AvgIpc) is 3.74. The lowest BCUT2D eigenvalue weighted by atomic mass is 9.42. The van der Waals surface area contributed by atoms with Gasteiger partial charge >= 0.3 is 0 Å². The summed E-state index contributed by atoms with van der Waals surface area (Å²) in [5.74, 6) is 0.835. The van der Waals surface area contributed by atoms with Gasteiger partial charge in [0.2, 0.25) is 0 Å². The van der Waals surface area contributed by atoms with Crippen molar-refractivity contribution in [3.05, 3.63) is 176 Å². The fourth-order valence-electron chi connectivity index (χ4n) is 13.8. The number of hydrogen-bond acceptors (Lipinski definition) is 0. The lowest BCUT2D eigenvalue weighted by molar-refractivity contribution is -0.133. The van der Waals surface area contributed by atoms with E-state index >= 15 is 0 Å². The number of hydrogen-bond donors (Lipinski definition) is 0. The van der Waals surface area contributed by atoms with Crippen molar-refractivity contribution in [2.75, 3.05) is 0 Å². The van der Waals surface area contributed by atoms with E-state index in [0.717, 1.165) is 5.92 Å². The van der Waals surface area contributed by atoms with Crippen molar-refractivity contribution in [2.24, 2.45) is 16.7 Å². The van der Waals surface area contributed by atoms with Crippen molar-refractivity contribution in [3.8, 4) is 5.69 Å². The monoisotopic (exact) mass is 752 g/mol. The molecule has 278 valence electrons. The van der Waals surface area contributed by atoms with Gasteiger partial charge in [-0.25, -0.2) is 0 Å². The van der Waals surface area contributed by atoms with Crippen LogP contribution < -0.4 is 20.7 Å². The van der Waals surface area contributed by atoms with Crippen LogP contribution in [-0.4, -0.2) is 17.2 Å². The number of nitrogens with zero attached hydrogens (tertiary/aromatic N) is 2. The molecule has 4 bridgehead atoms. The molecule has 2 aromatic heterocycles. The third kappa shape index (κ3) is 4.76. The maximum atomic E-state index is 2.85. The van der Waals surface area contributed by atoms with Crippen LogP contribution in [0.5, 0.6) is 0 Å². The molecule has 2 heterocycles. The fourth-order valence-corrected chi connectivity index (χ4v) is 18.6. The van der Waals surface area contributed by atoms with E-state index in [1.54, 1.807) is 0 Å². The van der Waals surface area contributed by atoms with E-state index < -0.39 is 8.07 Å². The van der Waals surface area contributed by atoms with Gasteiger partial charge in [-0.2, -0.15) is 0 Å². The van der Waals surface area contributed by atoms with Gasteiger partial charge in [0.15, 0.2) is 8.07 Å². The summed E-state index contributed by atoms with van der Waals surface area (Å²) < 4.78 is 5.38. The molecule has 4 saturated carbocycles. The molecule has 0 aliphatic heterocycles. The Morgan fingerprint density at radius 3 is 1.49 bits per heavy atom. The van der Waals surface area contributed by atoms with E-state index in [1.807, 2.05) is 0 Å². The van der Waals surface area contributed by atoms with Crippen LogP contribution in [0.15, 0.2) is 176 Å². The molecule has 7 aromatic carbocycles. The number of para-hydroxylation sites is 2. The van der Waals surface area contributed by atoms with Crippen LogP contribution in [0.2, 0.25) is 0 Å². The minimum absolute atomic E-state index is 0.182. The first-order chi connectivity index (χ1) is 27.9.